The summed E-state index contributed by atoms with van der Waals surface area (Å²) in [4.78, 5) is 24.8. The van der Waals surface area contributed by atoms with E-state index in [0.717, 1.165) is 17.5 Å². The summed E-state index contributed by atoms with van der Waals surface area (Å²) in [5, 5.41) is 4.26. The molecule has 0 saturated carbocycles. The van der Waals surface area contributed by atoms with Gasteiger partial charge in [0.2, 0.25) is 11.8 Å². The standard InChI is InChI=1S/C21H25ClN2O4S/c1-4-15-7-10-17(11-8-15)23-20(25)13-29(27,28)19(5-2)21(26)24-18-12-16(22)9-6-14(18)3/h6-12,19H,4-5,13H2,1-3H3,(H,23,25)(H,24,26). The van der Waals surface area contributed by atoms with Crippen LogP contribution in [0.2, 0.25) is 5.02 Å². The zero-order valence-corrected chi connectivity index (χ0v) is 18.2. The molecule has 0 saturated heterocycles. The van der Waals surface area contributed by atoms with Crippen LogP contribution in [0.25, 0.3) is 0 Å². The van der Waals surface area contributed by atoms with Crippen molar-refractivity contribution in [2.24, 2.45) is 0 Å². The Morgan fingerprint density at radius 2 is 1.69 bits per heavy atom. The van der Waals surface area contributed by atoms with E-state index in [-0.39, 0.29) is 6.42 Å². The normalized spacial score (nSPS) is 12.3. The van der Waals surface area contributed by atoms with Crippen LogP contribution in [0, 0.1) is 6.92 Å². The van der Waals surface area contributed by atoms with Crippen LogP contribution in [0.4, 0.5) is 11.4 Å². The highest BCUT2D eigenvalue weighted by molar-refractivity contribution is 7.93. The number of sulfone groups is 1. The van der Waals surface area contributed by atoms with Gasteiger partial charge < -0.3 is 10.6 Å². The number of carbonyl (C=O) groups excluding carboxylic acids is 2. The molecule has 0 aromatic heterocycles. The number of anilines is 2. The second-order valence-corrected chi connectivity index (χ2v) is 9.37. The summed E-state index contributed by atoms with van der Waals surface area (Å²) < 4.78 is 25.4. The van der Waals surface area contributed by atoms with Gasteiger partial charge in [-0.15, -0.1) is 0 Å². The van der Waals surface area contributed by atoms with Crippen molar-refractivity contribution >= 4 is 44.6 Å². The molecule has 0 heterocycles. The van der Waals surface area contributed by atoms with Crippen molar-refractivity contribution in [1.29, 1.82) is 0 Å². The van der Waals surface area contributed by atoms with E-state index in [1.165, 1.54) is 0 Å². The molecule has 0 fully saturated rings. The van der Waals surface area contributed by atoms with E-state index in [0.29, 0.717) is 16.4 Å². The van der Waals surface area contributed by atoms with Crippen LogP contribution in [0.5, 0.6) is 0 Å². The average molecular weight is 437 g/mol. The monoisotopic (exact) mass is 436 g/mol. The Hall–Kier alpha value is -2.38. The number of hydrogen-bond acceptors (Lipinski definition) is 4. The summed E-state index contributed by atoms with van der Waals surface area (Å²) in [5.74, 6) is -2.14. The highest BCUT2D eigenvalue weighted by atomic mass is 35.5. The smallest absolute Gasteiger partial charge is 0.242 e. The highest BCUT2D eigenvalue weighted by Crippen LogP contribution is 2.21. The van der Waals surface area contributed by atoms with E-state index in [2.05, 4.69) is 10.6 Å². The summed E-state index contributed by atoms with van der Waals surface area (Å²) >= 11 is 5.95. The second-order valence-electron chi connectivity index (χ2n) is 6.75. The first kappa shape index (κ1) is 22.9. The molecule has 0 spiro atoms. The van der Waals surface area contributed by atoms with E-state index >= 15 is 0 Å². The number of rotatable bonds is 8. The molecule has 0 radical (unpaired) electrons. The SMILES string of the molecule is CCc1ccc(NC(=O)CS(=O)(=O)C(CC)C(=O)Nc2cc(Cl)ccc2C)cc1. The predicted molar refractivity (Wildman–Crippen MR) is 117 cm³/mol. The fourth-order valence-corrected chi connectivity index (χ4v) is 4.55. The first-order chi connectivity index (χ1) is 13.7. The molecule has 1 atom stereocenters. The van der Waals surface area contributed by atoms with Gasteiger partial charge in [-0.1, -0.05) is 43.6 Å². The van der Waals surface area contributed by atoms with Gasteiger partial charge in [0.25, 0.3) is 0 Å². The predicted octanol–water partition coefficient (Wildman–Crippen LogP) is 3.98. The largest absolute Gasteiger partial charge is 0.325 e. The lowest BCUT2D eigenvalue weighted by atomic mass is 10.1. The third-order valence-electron chi connectivity index (χ3n) is 4.53. The van der Waals surface area contributed by atoms with Gasteiger partial charge in [-0.2, -0.15) is 0 Å². The Morgan fingerprint density at radius 3 is 2.28 bits per heavy atom. The van der Waals surface area contributed by atoms with Gasteiger partial charge in [0.1, 0.15) is 11.0 Å². The molecule has 2 aromatic carbocycles. The van der Waals surface area contributed by atoms with Gasteiger partial charge in [0.15, 0.2) is 9.84 Å². The summed E-state index contributed by atoms with van der Waals surface area (Å²) in [6.07, 6.45) is 0.911. The van der Waals surface area contributed by atoms with Crippen LogP contribution in [-0.4, -0.2) is 31.2 Å². The summed E-state index contributed by atoms with van der Waals surface area (Å²) in [5.41, 5.74) is 2.81. The van der Waals surface area contributed by atoms with Crippen LogP contribution >= 0.6 is 11.6 Å². The Morgan fingerprint density at radius 1 is 1.03 bits per heavy atom. The average Bonchev–Trinajstić information content (AvgIpc) is 2.65. The van der Waals surface area contributed by atoms with Crippen LogP contribution in [-0.2, 0) is 25.8 Å². The van der Waals surface area contributed by atoms with E-state index in [4.69, 9.17) is 11.6 Å². The lowest BCUT2D eigenvalue weighted by molar-refractivity contribution is -0.115. The minimum absolute atomic E-state index is 0.0479. The lowest BCUT2D eigenvalue weighted by Gasteiger charge is -2.17. The molecule has 29 heavy (non-hydrogen) atoms. The van der Waals surface area contributed by atoms with Crippen molar-refractivity contribution in [1.82, 2.24) is 0 Å². The summed E-state index contributed by atoms with van der Waals surface area (Å²) in [6, 6.07) is 12.1. The highest BCUT2D eigenvalue weighted by Gasteiger charge is 2.33. The van der Waals surface area contributed by atoms with Crippen molar-refractivity contribution in [3.8, 4) is 0 Å². The van der Waals surface area contributed by atoms with Gasteiger partial charge in [-0.25, -0.2) is 8.42 Å². The van der Waals surface area contributed by atoms with Crippen LogP contribution < -0.4 is 10.6 Å². The van der Waals surface area contributed by atoms with E-state index in [1.54, 1.807) is 44.2 Å². The molecule has 156 valence electrons. The molecule has 2 aromatic rings. The van der Waals surface area contributed by atoms with E-state index in [9.17, 15) is 18.0 Å². The van der Waals surface area contributed by atoms with Crippen LogP contribution in [0.15, 0.2) is 42.5 Å². The number of benzene rings is 2. The van der Waals surface area contributed by atoms with Gasteiger partial charge in [0.05, 0.1) is 0 Å². The third-order valence-corrected chi connectivity index (χ3v) is 6.85. The molecule has 2 N–H and O–H groups in total. The topological polar surface area (TPSA) is 92.3 Å². The maximum atomic E-state index is 12.7. The maximum absolute atomic E-state index is 12.7. The van der Waals surface area contributed by atoms with Crippen LogP contribution in [0.1, 0.15) is 31.4 Å². The molecule has 0 aliphatic rings. The van der Waals surface area contributed by atoms with Crippen molar-refractivity contribution in [3.05, 3.63) is 58.6 Å². The lowest BCUT2D eigenvalue weighted by Crippen LogP contribution is -2.39. The molecule has 2 rings (SSSR count). The molecule has 0 aliphatic heterocycles. The van der Waals surface area contributed by atoms with Crippen LogP contribution in [0.3, 0.4) is 0 Å². The minimum Gasteiger partial charge on any atom is -0.325 e. The molecular weight excluding hydrogens is 412 g/mol. The zero-order chi connectivity index (χ0) is 21.6. The molecular formula is C21H25ClN2O4S. The Kier molecular flexibility index (Phi) is 7.81. The van der Waals surface area contributed by atoms with Crippen molar-refractivity contribution in [3.63, 3.8) is 0 Å². The van der Waals surface area contributed by atoms with E-state index < -0.39 is 32.7 Å². The molecule has 6 nitrogen and oxygen atoms in total. The second kappa shape index (κ2) is 9.89. The number of halogens is 1. The fraction of sp³-hybridized carbons (Fsp3) is 0.333. The van der Waals surface area contributed by atoms with Gasteiger partial charge in [-0.05, 0) is 55.2 Å². The third kappa shape index (κ3) is 6.30. The quantitative estimate of drug-likeness (QED) is 0.654. The first-order valence-corrected chi connectivity index (χ1v) is 11.4. The first-order valence-electron chi connectivity index (χ1n) is 9.33. The number of hydrogen-bond donors (Lipinski definition) is 2. The zero-order valence-electron chi connectivity index (χ0n) is 16.7. The van der Waals surface area contributed by atoms with Crippen molar-refractivity contribution in [2.45, 2.75) is 38.9 Å². The maximum Gasteiger partial charge on any atom is 0.242 e. The number of aryl methyl sites for hydroxylation is 2. The van der Waals surface area contributed by atoms with Gasteiger partial charge in [-0.3, -0.25) is 9.59 Å². The minimum atomic E-state index is -4.00. The molecule has 8 heteroatoms. The Bertz CT molecular complexity index is 988. The van der Waals surface area contributed by atoms with Crippen molar-refractivity contribution < 1.29 is 18.0 Å². The van der Waals surface area contributed by atoms with Crippen molar-refractivity contribution in [2.75, 3.05) is 16.4 Å². The Balaban J connectivity index is 2.08. The number of nitrogens with one attached hydrogen (secondary N) is 2. The Labute approximate surface area is 176 Å². The molecule has 1 unspecified atom stereocenters. The molecule has 0 bridgehead atoms. The molecule has 0 aliphatic carbocycles. The number of carbonyl (C=O) groups is 2. The summed E-state index contributed by atoms with van der Waals surface area (Å²) in [7, 11) is -4.00. The fourth-order valence-electron chi connectivity index (χ4n) is 2.85. The van der Waals surface area contributed by atoms with Gasteiger partial charge >= 0.3 is 0 Å². The summed E-state index contributed by atoms with van der Waals surface area (Å²) in [6.45, 7) is 5.38. The van der Waals surface area contributed by atoms with Gasteiger partial charge in [0, 0.05) is 16.4 Å². The molecule has 2 amide bonds. The number of amides is 2. The van der Waals surface area contributed by atoms with E-state index in [1.807, 2.05) is 19.1 Å².